The molecule has 3 fully saturated rings. The van der Waals surface area contributed by atoms with E-state index in [4.69, 9.17) is 14.6 Å². The van der Waals surface area contributed by atoms with Crippen LogP contribution >= 0.6 is 11.8 Å². The van der Waals surface area contributed by atoms with Crippen molar-refractivity contribution in [2.24, 2.45) is 16.5 Å². The minimum atomic E-state index is -3.61. The fraction of sp³-hybridized carbons (Fsp3) is 0.870. The van der Waals surface area contributed by atoms with Gasteiger partial charge in [-0.1, -0.05) is 11.8 Å². The van der Waals surface area contributed by atoms with Crippen molar-refractivity contribution in [1.82, 2.24) is 9.80 Å². The van der Waals surface area contributed by atoms with Gasteiger partial charge in [0.25, 0.3) is 0 Å². The molecule has 1 spiro atoms. The number of thioether (sulfide) groups is 1. The highest BCUT2D eigenvalue weighted by atomic mass is 32.2. The number of hydrogen-bond donors (Lipinski definition) is 1. The van der Waals surface area contributed by atoms with Crippen molar-refractivity contribution < 1.29 is 32.3 Å². The summed E-state index contributed by atoms with van der Waals surface area (Å²) in [5.74, 6) is 0.103. The molecule has 0 aromatic rings. The maximum absolute atomic E-state index is 12.8. The molecule has 0 bridgehead atoms. The summed E-state index contributed by atoms with van der Waals surface area (Å²) in [6, 6.07) is 0. The van der Waals surface area contributed by atoms with Crippen LogP contribution in [0.2, 0.25) is 0 Å². The Balaban J connectivity index is 1.60. The lowest BCUT2D eigenvalue weighted by atomic mass is 9.53. The van der Waals surface area contributed by atoms with E-state index in [-0.39, 0.29) is 53.7 Å². The largest absolute Gasteiger partial charge is 0.444 e. The molecule has 0 aromatic carbocycles. The number of carbonyl (C=O) groups excluding carboxylic acids is 3. The summed E-state index contributed by atoms with van der Waals surface area (Å²) in [6.07, 6.45) is 1.15. The molecule has 2 heterocycles. The van der Waals surface area contributed by atoms with E-state index >= 15 is 0 Å². The Hall–Kier alpha value is -1.53. The number of nitrogens with two attached hydrogens (primary N) is 1. The fourth-order valence-corrected chi connectivity index (χ4v) is 7.64. The fourth-order valence-electron chi connectivity index (χ4n) is 5.39. The zero-order valence-corrected chi connectivity index (χ0v) is 23.2. The SMILES string of the molecule is CC(=O)SC1CC2(CN(C(=O)OC(C)(C)C)C2)C1CC(C)(C)OC(=O)N1CCC(S(N)(=O)=O)CC1. The van der Waals surface area contributed by atoms with Crippen molar-refractivity contribution in [1.29, 1.82) is 0 Å². The Kier molecular flexibility index (Phi) is 7.80. The number of ether oxygens (including phenoxy) is 2. The Morgan fingerprint density at radius 2 is 1.54 bits per heavy atom. The van der Waals surface area contributed by atoms with E-state index in [2.05, 4.69) is 0 Å². The standard InChI is InChI=1S/C23H39N3O7S2/c1-15(27)34-18-12-23(13-26(14-23)20(29)32-21(2,3)4)17(18)11-22(5,6)33-19(28)25-9-7-16(8-10-25)35(24,30)31/h16-18H,7-14H2,1-6H3,(H2,24,30,31). The van der Waals surface area contributed by atoms with Gasteiger partial charge in [0.1, 0.15) is 11.2 Å². The van der Waals surface area contributed by atoms with Gasteiger partial charge in [0.05, 0.1) is 5.25 Å². The third kappa shape index (κ3) is 6.82. The summed E-state index contributed by atoms with van der Waals surface area (Å²) in [7, 11) is -3.61. The highest BCUT2D eigenvalue weighted by Crippen LogP contribution is 2.60. The van der Waals surface area contributed by atoms with Gasteiger partial charge in [-0.05, 0) is 66.2 Å². The van der Waals surface area contributed by atoms with E-state index in [9.17, 15) is 22.8 Å². The highest BCUT2D eigenvalue weighted by Gasteiger charge is 2.62. The topological polar surface area (TPSA) is 136 Å². The second kappa shape index (κ2) is 9.74. The van der Waals surface area contributed by atoms with Crippen molar-refractivity contribution in [3.63, 3.8) is 0 Å². The van der Waals surface area contributed by atoms with Crippen LogP contribution in [0.1, 0.15) is 67.2 Å². The molecule has 10 nitrogen and oxygen atoms in total. The molecule has 0 aromatic heterocycles. The van der Waals surface area contributed by atoms with Gasteiger partial charge < -0.3 is 19.3 Å². The molecule has 200 valence electrons. The molecule has 35 heavy (non-hydrogen) atoms. The van der Waals surface area contributed by atoms with Crippen molar-refractivity contribution >= 4 is 39.1 Å². The van der Waals surface area contributed by atoms with E-state index < -0.39 is 32.6 Å². The molecule has 2 amide bonds. The molecule has 1 saturated carbocycles. The molecule has 0 radical (unpaired) electrons. The number of carbonyl (C=O) groups is 3. The molecule has 2 aliphatic heterocycles. The Morgan fingerprint density at radius 3 is 2.03 bits per heavy atom. The Morgan fingerprint density at radius 1 is 1.00 bits per heavy atom. The molecule has 12 heteroatoms. The average Bonchev–Trinajstić information content (AvgIpc) is 2.65. The first-order chi connectivity index (χ1) is 15.9. The minimum Gasteiger partial charge on any atom is -0.444 e. The predicted octanol–water partition coefficient (Wildman–Crippen LogP) is 2.95. The summed E-state index contributed by atoms with van der Waals surface area (Å²) >= 11 is 1.32. The number of piperidine rings is 1. The lowest BCUT2D eigenvalue weighted by molar-refractivity contribution is -0.129. The highest BCUT2D eigenvalue weighted by molar-refractivity contribution is 8.14. The van der Waals surface area contributed by atoms with E-state index in [1.54, 1.807) is 11.8 Å². The van der Waals surface area contributed by atoms with Gasteiger partial charge in [0.15, 0.2) is 5.12 Å². The second-order valence-corrected chi connectivity index (χ2v) is 15.0. The first kappa shape index (κ1) is 28.0. The van der Waals surface area contributed by atoms with Crippen molar-refractivity contribution in [2.75, 3.05) is 26.2 Å². The first-order valence-electron chi connectivity index (χ1n) is 12.1. The molecule has 3 rings (SSSR count). The first-order valence-corrected chi connectivity index (χ1v) is 14.5. The van der Waals surface area contributed by atoms with Crippen LogP contribution in [0, 0.1) is 11.3 Å². The molecule has 3 aliphatic rings. The van der Waals surface area contributed by atoms with Gasteiger partial charge in [-0.25, -0.2) is 23.1 Å². The Labute approximate surface area is 212 Å². The third-order valence-electron chi connectivity index (χ3n) is 7.06. The van der Waals surface area contributed by atoms with Crippen molar-refractivity contribution in [3.05, 3.63) is 0 Å². The monoisotopic (exact) mass is 533 g/mol. The van der Waals surface area contributed by atoms with E-state index in [0.717, 1.165) is 6.42 Å². The smallest absolute Gasteiger partial charge is 0.410 e. The number of amides is 2. The van der Waals surface area contributed by atoms with Gasteiger partial charge in [-0.15, -0.1) is 0 Å². The molecular formula is C23H39N3O7S2. The molecular weight excluding hydrogens is 494 g/mol. The van der Waals surface area contributed by atoms with Gasteiger partial charge >= 0.3 is 12.2 Å². The maximum Gasteiger partial charge on any atom is 0.410 e. The predicted molar refractivity (Wildman–Crippen MR) is 133 cm³/mol. The lowest BCUT2D eigenvalue weighted by Crippen LogP contribution is -2.70. The normalized spacial score (nSPS) is 25.0. The number of likely N-dealkylation sites (tertiary alicyclic amines) is 2. The molecule has 2 atom stereocenters. The zero-order chi connectivity index (χ0) is 26.4. The van der Waals surface area contributed by atoms with Crippen molar-refractivity contribution in [2.45, 2.75) is 88.9 Å². The van der Waals surface area contributed by atoms with Crippen LogP contribution in [0.25, 0.3) is 0 Å². The number of hydrogen-bond acceptors (Lipinski definition) is 8. The molecule has 2 saturated heterocycles. The van der Waals surface area contributed by atoms with Gasteiger partial charge in [-0.3, -0.25) is 4.79 Å². The molecule has 2 unspecified atom stereocenters. The number of sulfonamides is 1. The summed E-state index contributed by atoms with van der Waals surface area (Å²) in [6.45, 7) is 12.4. The molecule has 1 aliphatic carbocycles. The summed E-state index contributed by atoms with van der Waals surface area (Å²) in [4.78, 5) is 40.3. The number of rotatable bonds is 5. The lowest BCUT2D eigenvalue weighted by Gasteiger charge is -2.64. The summed E-state index contributed by atoms with van der Waals surface area (Å²) in [5, 5.41) is 4.76. The van der Waals surface area contributed by atoms with Crippen LogP contribution in [-0.2, 0) is 24.3 Å². The van der Waals surface area contributed by atoms with Crippen LogP contribution in [0.3, 0.4) is 0 Å². The average molecular weight is 534 g/mol. The summed E-state index contributed by atoms with van der Waals surface area (Å²) < 4.78 is 34.5. The van der Waals surface area contributed by atoms with Gasteiger partial charge in [-0.2, -0.15) is 0 Å². The molecule has 2 N–H and O–H groups in total. The number of nitrogens with zero attached hydrogens (tertiary/aromatic N) is 2. The zero-order valence-electron chi connectivity index (χ0n) is 21.5. The van der Waals surface area contributed by atoms with Crippen LogP contribution in [0.15, 0.2) is 0 Å². The minimum absolute atomic E-state index is 0.0469. The van der Waals surface area contributed by atoms with E-state index in [1.165, 1.54) is 16.7 Å². The van der Waals surface area contributed by atoms with E-state index in [0.29, 0.717) is 19.5 Å². The van der Waals surface area contributed by atoms with E-state index in [1.807, 2.05) is 34.6 Å². The van der Waals surface area contributed by atoms with Crippen LogP contribution < -0.4 is 5.14 Å². The second-order valence-electron chi connectivity index (χ2n) is 11.8. The van der Waals surface area contributed by atoms with Crippen LogP contribution in [0.5, 0.6) is 0 Å². The van der Waals surface area contributed by atoms with Gasteiger partial charge in [0, 0.05) is 43.8 Å². The van der Waals surface area contributed by atoms with Crippen LogP contribution in [-0.4, -0.2) is 83.4 Å². The maximum atomic E-state index is 12.8. The van der Waals surface area contributed by atoms with Crippen LogP contribution in [0.4, 0.5) is 9.59 Å². The summed E-state index contributed by atoms with van der Waals surface area (Å²) in [5.41, 5.74) is -1.47. The quantitative estimate of drug-likeness (QED) is 0.570. The van der Waals surface area contributed by atoms with Gasteiger partial charge in [0.2, 0.25) is 10.0 Å². The Bertz CT molecular complexity index is 947. The van der Waals surface area contributed by atoms with Crippen molar-refractivity contribution in [3.8, 4) is 0 Å². The third-order valence-corrected chi connectivity index (χ3v) is 9.59. The number of primary sulfonamides is 1.